The van der Waals surface area contributed by atoms with Gasteiger partial charge < -0.3 is 9.88 Å². The number of amides is 1. The SMILES string of the molecule is CCCS(=O)(=O)N1CCn2cc(C(=O)NCc3ccccn3)nc2[C@@H]1C. The van der Waals surface area contributed by atoms with Gasteiger partial charge in [-0.15, -0.1) is 0 Å². The second-order valence-electron chi connectivity index (χ2n) is 6.28. The van der Waals surface area contributed by atoms with E-state index >= 15 is 0 Å². The van der Waals surface area contributed by atoms with Crippen molar-refractivity contribution in [1.29, 1.82) is 0 Å². The molecular formula is C17H23N5O3S. The number of pyridine rings is 1. The summed E-state index contributed by atoms with van der Waals surface area (Å²) >= 11 is 0. The number of carbonyl (C=O) groups is 1. The van der Waals surface area contributed by atoms with Crippen LogP contribution in [0.15, 0.2) is 30.6 Å². The van der Waals surface area contributed by atoms with Gasteiger partial charge in [-0.05, 0) is 25.5 Å². The Balaban J connectivity index is 1.73. The van der Waals surface area contributed by atoms with E-state index in [0.717, 1.165) is 5.69 Å². The van der Waals surface area contributed by atoms with Gasteiger partial charge in [0, 0.05) is 25.5 Å². The Morgan fingerprint density at radius 2 is 2.15 bits per heavy atom. The van der Waals surface area contributed by atoms with Crippen molar-refractivity contribution in [3.63, 3.8) is 0 Å². The van der Waals surface area contributed by atoms with E-state index in [2.05, 4.69) is 15.3 Å². The number of hydrogen-bond acceptors (Lipinski definition) is 5. The van der Waals surface area contributed by atoms with Crippen LogP contribution >= 0.6 is 0 Å². The van der Waals surface area contributed by atoms with E-state index in [1.807, 2.05) is 29.7 Å². The van der Waals surface area contributed by atoms with E-state index in [1.165, 1.54) is 4.31 Å². The van der Waals surface area contributed by atoms with E-state index in [4.69, 9.17) is 0 Å². The third-order valence-electron chi connectivity index (χ3n) is 4.38. The predicted octanol–water partition coefficient (Wildman–Crippen LogP) is 1.32. The van der Waals surface area contributed by atoms with Crippen LogP contribution in [0.25, 0.3) is 0 Å². The number of fused-ring (bicyclic) bond motifs is 1. The van der Waals surface area contributed by atoms with Crippen LogP contribution in [0, 0.1) is 0 Å². The van der Waals surface area contributed by atoms with Crippen LogP contribution in [0.4, 0.5) is 0 Å². The first-order valence-corrected chi connectivity index (χ1v) is 10.3. The van der Waals surface area contributed by atoms with Crippen LogP contribution in [-0.2, 0) is 23.1 Å². The fourth-order valence-corrected chi connectivity index (χ4v) is 4.79. The maximum absolute atomic E-state index is 12.4. The van der Waals surface area contributed by atoms with Crippen LogP contribution in [0.2, 0.25) is 0 Å². The molecule has 1 N–H and O–H groups in total. The van der Waals surface area contributed by atoms with Gasteiger partial charge in [-0.1, -0.05) is 13.0 Å². The standard InChI is InChI=1S/C17H23N5O3S/c1-3-10-26(24,25)22-9-8-21-12-15(20-16(21)13(22)2)17(23)19-11-14-6-4-5-7-18-14/h4-7,12-13H,3,8-11H2,1-2H3,(H,19,23)/t13-/m0/s1. The third-order valence-corrected chi connectivity index (χ3v) is 6.52. The van der Waals surface area contributed by atoms with Gasteiger partial charge in [-0.3, -0.25) is 9.78 Å². The fraction of sp³-hybridized carbons (Fsp3) is 0.471. The zero-order valence-corrected chi connectivity index (χ0v) is 15.7. The molecule has 0 unspecified atom stereocenters. The van der Waals surface area contributed by atoms with Crippen molar-refractivity contribution in [2.45, 2.75) is 39.4 Å². The highest BCUT2D eigenvalue weighted by Gasteiger charge is 2.34. The maximum atomic E-state index is 12.4. The van der Waals surface area contributed by atoms with Gasteiger partial charge in [0.25, 0.3) is 5.91 Å². The minimum atomic E-state index is -3.31. The molecule has 140 valence electrons. The molecule has 1 aliphatic heterocycles. The Morgan fingerprint density at radius 1 is 1.35 bits per heavy atom. The number of aromatic nitrogens is 3. The van der Waals surface area contributed by atoms with Crippen LogP contribution in [-0.4, -0.2) is 45.5 Å². The average molecular weight is 377 g/mol. The van der Waals surface area contributed by atoms with Gasteiger partial charge in [0.05, 0.1) is 24.0 Å². The second kappa shape index (κ2) is 7.55. The Kier molecular flexibility index (Phi) is 5.38. The number of imidazole rings is 1. The number of hydrogen-bond donors (Lipinski definition) is 1. The van der Waals surface area contributed by atoms with Gasteiger partial charge in [-0.2, -0.15) is 4.31 Å². The molecule has 0 saturated carbocycles. The van der Waals surface area contributed by atoms with Crippen molar-refractivity contribution < 1.29 is 13.2 Å². The smallest absolute Gasteiger partial charge is 0.271 e. The van der Waals surface area contributed by atoms with Gasteiger partial charge in [0.2, 0.25) is 10.0 Å². The second-order valence-corrected chi connectivity index (χ2v) is 8.33. The molecule has 3 heterocycles. The summed E-state index contributed by atoms with van der Waals surface area (Å²) < 4.78 is 28.2. The number of sulfonamides is 1. The predicted molar refractivity (Wildman–Crippen MR) is 96.8 cm³/mol. The van der Waals surface area contributed by atoms with E-state index in [9.17, 15) is 13.2 Å². The first kappa shape index (κ1) is 18.5. The van der Waals surface area contributed by atoms with Crippen LogP contribution in [0.1, 0.15) is 48.3 Å². The summed E-state index contributed by atoms with van der Waals surface area (Å²) in [6.07, 6.45) is 3.92. The number of nitrogens with one attached hydrogen (secondary N) is 1. The molecule has 0 fully saturated rings. The molecule has 26 heavy (non-hydrogen) atoms. The lowest BCUT2D eigenvalue weighted by molar-refractivity contribution is 0.0945. The average Bonchev–Trinajstić information content (AvgIpc) is 3.06. The summed E-state index contributed by atoms with van der Waals surface area (Å²) in [6.45, 7) is 4.84. The van der Waals surface area contributed by atoms with Gasteiger partial charge in [0.1, 0.15) is 11.5 Å². The van der Waals surface area contributed by atoms with Gasteiger partial charge >= 0.3 is 0 Å². The Morgan fingerprint density at radius 3 is 2.85 bits per heavy atom. The maximum Gasteiger partial charge on any atom is 0.271 e. The van der Waals surface area contributed by atoms with Crippen molar-refractivity contribution in [3.8, 4) is 0 Å². The molecule has 1 atom stereocenters. The van der Waals surface area contributed by atoms with Gasteiger partial charge in [-0.25, -0.2) is 13.4 Å². The fourth-order valence-electron chi connectivity index (χ4n) is 3.10. The van der Waals surface area contributed by atoms with E-state index in [0.29, 0.717) is 31.9 Å². The quantitative estimate of drug-likeness (QED) is 0.819. The molecule has 2 aromatic rings. The molecule has 3 rings (SSSR count). The highest BCUT2D eigenvalue weighted by Crippen LogP contribution is 2.27. The monoisotopic (exact) mass is 377 g/mol. The number of carbonyl (C=O) groups excluding carboxylic acids is 1. The molecule has 0 saturated heterocycles. The first-order chi connectivity index (χ1) is 12.4. The lowest BCUT2D eigenvalue weighted by Crippen LogP contribution is -2.42. The normalized spacial score (nSPS) is 17.7. The lowest BCUT2D eigenvalue weighted by atomic mass is 10.2. The third kappa shape index (κ3) is 3.78. The van der Waals surface area contributed by atoms with Crippen molar-refractivity contribution in [1.82, 2.24) is 24.2 Å². The molecule has 0 spiro atoms. The van der Waals surface area contributed by atoms with E-state index in [1.54, 1.807) is 19.3 Å². The van der Waals surface area contributed by atoms with Crippen molar-refractivity contribution in [2.24, 2.45) is 0 Å². The minimum absolute atomic E-state index is 0.121. The molecule has 0 aromatic carbocycles. The highest BCUT2D eigenvalue weighted by molar-refractivity contribution is 7.89. The number of rotatable bonds is 6. The number of nitrogens with zero attached hydrogens (tertiary/aromatic N) is 4. The van der Waals surface area contributed by atoms with E-state index in [-0.39, 0.29) is 17.4 Å². The molecular weight excluding hydrogens is 354 g/mol. The summed E-state index contributed by atoms with van der Waals surface area (Å²) in [5.74, 6) is 0.418. The topological polar surface area (TPSA) is 97.2 Å². The molecule has 9 heteroatoms. The summed E-state index contributed by atoms with van der Waals surface area (Å²) in [5.41, 5.74) is 1.05. The molecule has 2 aromatic heterocycles. The zero-order chi connectivity index (χ0) is 18.7. The summed E-state index contributed by atoms with van der Waals surface area (Å²) in [7, 11) is -3.31. The minimum Gasteiger partial charge on any atom is -0.345 e. The molecule has 1 aliphatic rings. The van der Waals surface area contributed by atoms with Gasteiger partial charge in [0.15, 0.2) is 0 Å². The summed E-state index contributed by atoms with van der Waals surface area (Å²) in [6, 6.07) is 5.11. The highest BCUT2D eigenvalue weighted by atomic mass is 32.2. The summed E-state index contributed by atoms with van der Waals surface area (Å²) in [4.78, 5) is 20.9. The Labute approximate surface area is 153 Å². The van der Waals surface area contributed by atoms with Crippen LogP contribution < -0.4 is 5.32 Å². The molecule has 0 aliphatic carbocycles. The van der Waals surface area contributed by atoms with Crippen molar-refractivity contribution >= 4 is 15.9 Å². The molecule has 0 radical (unpaired) electrons. The molecule has 0 bridgehead atoms. The largest absolute Gasteiger partial charge is 0.345 e. The lowest BCUT2D eigenvalue weighted by Gasteiger charge is -2.32. The van der Waals surface area contributed by atoms with Crippen LogP contribution in [0.5, 0.6) is 0 Å². The summed E-state index contributed by atoms with van der Waals surface area (Å²) in [5, 5.41) is 2.79. The van der Waals surface area contributed by atoms with Crippen molar-refractivity contribution in [2.75, 3.05) is 12.3 Å². The Hall–Kier alpha value is -2.26. The van der Waals surface area contributed by atoms with Crippen LogP contribution in [0.3, 0.4) is 0 Å². The molecule has 8 nitrogen and oxygen atoms in total. The van der Waals surface area contributed by atoms with E-state index < -0.39 is 16.1 Å². The molecule has 1 amide bonds. The van der Waals surface area contributed by atoms with Crippen molar-refractivity contribution in [3.05, 3.63) is 47.8 Å². The first-order valence-electron chi connectivity index (χ1n) is 8.67. The zero-order valence-electron chi connectivity index (χ0n) is 14.9. The Bertz CT molecular complexity index is 879.